The normalized spacial score (nSPS) is 12.2. The Morgan fingerprint density at radius 3 is 1.88 bits per heavy atom. The minimum Gasteiger partial charge on any atom is -0.497 e. The number of hydrogen-bond acceptors (Lipinski definition) is 7. The third-order valence-corrected chi connectivity index (χ3v) is 7.03. The average Bonchev–Trinajstić information content (AvgIpc) is 3.01. The highest BCUT2D eigenvalue weighted by atomic mass is 16.5. The van der Waals surface area contributed by atoms with Gasteiger partial charge in [-0.3, -0.25) is 0 Å². The van der Waals surface area contributed by atoms with E-state index in [1.54, 1.807) is 32.4 Å². The van der Waals surface area contributed by atoms with Crippen molar-refractivity contribution < 1.29 is 28.5 Å². The molecule has 0 amide bonds. The van der Waals surface area contributed by atoms with Gasteiger partial charge in [-0.05, 0) is 71.6 Å². The van der Waals surface area contributed by atoms with Gasteiger partial charge >= 0.3 is 5.63 Å². The van der Waals surface area contributed by atoms with Crippen LogP contribution in [0.4, 0.5) is 0 Å². The Labute approximate surface area is 238 Å². The number of hydrogen-bond donors (Lipinski definition) is 1. The number of aliphatic hydroxyl groups excluding tert-OH is 1. The van der Waals surface area contributed by atoms with Crippen LogP contribution < -0.4 is 19.8 Å². The van der Waals surface area contributed by atoms with Gasteiger partial charge in [-0.25, -0.2) is 4.79 Å². The maximum absolute atomic E-state index is 11.7. The molecule has 1 heterocycles. The molecule has 7 nitrogen and oxygen atoms in total. The first-order valence-corrected chi connectivity index (χ1v) is 13.3. The molecule has 0 aliphatic carbocycles. The first-order valence-electron chi connectivity index (χ1n) is 13.3. The lowest BCUT2D eigenvalue weighted by molar-refractivity contribution is -0.0494. The number of aryl methyl sites for hydroxylation is 1. The van der Waals surface area contributed by atoms with Crippen LogP contribution in [0.25, 0.3) is 11.0 Å². The van der Waals surface area contributed by atoms with E-state index in [9.17, 15) is 9.90 Å². The quantitative estimate of drug-likeness (QED) is 0.162. The highest BCUT2D eigenvalue weighted by Gasteiger charge is 2.38. The van der Waals surface area contributed by atoms with Gasteiger partial charge in [0.05, 0.1) is 20.8 Å². The third kappa shape index (κ3) is 5.96. The molecule has 1 aromatic heterocycles. The van der Waals surface area contributed by atoms with Gasteiger partial charge in [-0.15, -0.1) is 0 Å². The molecular weight excluding hydrogens is 520 g/mol. The SMILES string of the molecule is COc1ccc(C(OCC(O)COc2ccc3oc(=O)cc(C)c3c2)(c2ccccc2)c2ccc(OC)cc2)cc1. The number of fused-ring (bicyclic) bond motifs is 1. The minimum atomic E-state index is -1.04. The summed E-state index contributed by atoms with van der Waals surface area (Å²) < 4.78 is 28.7. The van der Waals surface area contributed by atoms with Crippen molar-refractivity contribution in [1.82, 2.24) is 0 Å². The second-order valence-corrected chi connectivity index (χ2v) is 9.69. The summed E-state index contributed by atoms with van der Waals surface area (Å²) >= 11 is 0. The summed E-state index contributed by atoms with van der Waals surface area (Å²) in [6.45, 7) is 1.82. The molecule has 0 aliphatic heterocycles. The van der Waals surface area contributed by atoms with E-state index in [0.717, 1.165) is 39.1 Å². The standard InChI is InChI=1S/C34H32O7/c1-23-19-33(36)41-32-18-17-30(20-31(23)32)39-21-27(35)22-40-34(24-7-5-4-6-8-24,25-9-13-28(37-2)14-10-25)26-11-15-29(38-3)16-12-26/h4-20,27,35H,21-22H2,1-3H3. The Bertz CT molecular complexity index is 1590. The fourth-order valence-electron chi connectivity index (χ4n) is 4.92. The van der Waals surface area contributed by atoms with Crippen molar-refractivity contribution in [2.45, 2.75) is 18.6 Å². The first-order chi connectivity index (χ1) is 19.9. The topological polar surface area (TPSA) is 87.4 Å². The van der Waals surface area contributed by atoms with E-state index in [1.807, 2.05) is 85.8 Å². The van der Waals surface area contributed by atoms with Crippen LogP contribution >= 0.6 is 0 Å². The molecule has 5 aromatic rings. The lowest BCUT2D eigenvalue weighted by Crippen LogP contribution is -2.37. The summed E-state index contributed by atoms with van der Waals surface area (Å²) in [6, 6.07) is 32.0. The number of ether oxygens (including phenoxy) is 4. The molecule has 5 rings (SSSR count). The van der Waals surface area contributed by atoms with Gasteiger partial charge in [-0.1, -0.05) is 54.6 Å². The average molecular weight is 553 g/mol. The second-order valence-electron chi connectivity index (χ2n) is 9.69. The Kier molecular flexibility index (Phi) is 8.38. The van der Waals surface area contributed by atoms with Crippen LogP contribution in [0.2, 0.25) is 0 Å². The molecule has 1 atom stereocenters. The van der Waals surface area contributed by atoms with Gasteiger partial charge in [0.1, 0.15) is 41.1 Å². The van der Waals surface area contributed by atoms with E-state index in [1.165, 1.54) is 6.07 Å². The fourth-order valence-corrected chi connectivity index (χ4v) is 4.92. The number of benzene rings is 4. The van der Waals surface area contributed by atoms with Crippen LogP contribution in [-0.2, 0) is 10.3 Å². The molecule has 1 unspecified atom stereocenters. The molecule has 210 valence electrons. The van der Waals surface area contributed by atoms with Gasteiger partial charge < -0.3 is 28.5 Å². The summed E-state index contributed by atoms with van der Waals surface area (Å²) in [5.74, 6) is 2.00. The van der Waals surface area contributed by atoms with Crippen molar-refractivity contribution in [3.63, 3.8) is 0 Å². The minimum absolute atomic E-state index is 0.00255. The van der Waals surface area contributed by atoms with Crippen molar-refractivity contribution in [2.24, 2.45) is 0 Å². The van der Waals surface area contributed by atoms with Gasteiger partial charge in [0, 0.05) is 11.5 Å². The van der Waals surface area contributed by atoms with Crippen molar-refractivity contribution in [2.75, 3.05) is 27.4 Å². The second kappa shape index (κ2) is 12.3. The Balaban J connectivity index is 1.44. The van der Waals surface area contributed by atoms with E-state index in [0.29, 0.717) is 11.3 Å². The summed E-state index contributed by atoms with van der Waals surface area (Å²) in [7, 11) is 3.25. The lowest BCUT2D eigenvalue weighted by Gasteiger charge is -2.36. The predicted octanol–water partition coefficient (Wildman–Crippen LogP) is 5.87. The highest BCUT2D eigenvalue weighted by molar-refractivity contribution is 5.81. The molecule has 0 radical (unpaired) electrons. The highest BCUT2D eigenvalue weighted by Crippen LogP contribution is 2.41. The predicted molar refractivity (Wildman–Crippen MR) is 157 cm³/mol. The maximum atomic E-state index is 11.7. The van der Waals surface area contributed by atoms with Gasteiger partial charge in [0.2, 0.25) is 0 Å². The summed E-state index contributed by atoms with van der Waals surface area (Å²) in [5, 5.41) is 11.8. The molecule has 41 heavy (non-hydrogen) atoms. The van der Waals surface area contributed by atoms with Crippen LogP contribution in [0.1, 0.15) is 22.3 Å². The smallest absolute Gasteiger partial charge is 0.336 e. The zero-order valence-electron chi connectivity index (χ0n) is 23.2. The van der Waals surface area contributed by atoms with E-state index < -0.39 is 17.3 Å². The van der Waals surface area contributed by atoms with Crippen LogP contribution in [0.5, 0.6) is 17.2 Å². The molecule has 0 saturated heterocycles. The third-order valence-electron chi connectivity index (χ3n) is 7.03. The number of aliphatic hydroxyl groups is 1. The molecule has 0 fully saturated rings. The van der Waals surface area contributed by atoms with E-state index in [4.69, 9.17) is 23.4 Å². The monoisotopic (exact) mass is 552 g/mol. The van der Waals surface area contributed by atoms with Gasteiger partial charge in [-0.2, -0.15) is 0 Å². The van der Waals surface area contributed by atoms with Crippen LogP contribution in [-0.4, -0.2) is 38.6 Å². The molecule has 0 bridgehead atoms. The van der Waals surface area contributed by atoms with Crippen molar-refractivity contribution >= 4 is 11.0 Å². The van der Waals surface area contributed by atoms with Crippen LogP contribution in [0.15, 0.2) is 112 Å². The molecule has 7 heteroatoms. The van der Waals surface area contributed by atoms with E-state index in [2.05, 4.69) is 0 Å². The molecule has 0 spiro atoms. The van der Waals surface area contributed by atoms with Crippen LogP contribution in [0.3, 0.4) is 0 Å². The van der Waals surface area contributed by atoms with Crippen LogP contribution in [0, 0.1) is 6.92 Å². The van der Waals surface area contributed by atoms with Gasteiger partial charge in [0.15, 0.2) is 0 Å². The molecule has 1 N–H and O–H groups in total. The molecule has 0 saturated carbocycles. The summed E-state index contributed by atoms with van der Waals surface area (Å²) in [6.07, 6.45) is -0.944. The Morgan fingerprint density at radius 1 is 0.732 bits per heavy atom. The first kappa shape index (κ1) is 28.0. The Hall–Kier alpha value is -4.59. The Morgan fingerprint density at radius 2 is 1.29 bits per heavy atom. The van der Waals surface area contributed by atoms with Gasteiger partial charge in [0.25, 0.3) is 0 Å². The molecule has 4 aromatic carbocycles. The lowest BCUT2D eigenvalue weighted by atomic mass is 9.80. The maximum Gasteiger partial charge on any atom is 0.336 e. The van der Waals surface area contributed by atoms with E-state index in [-0.39, 0.29) is 13.2 Å². The summed E-state index contributed by atoms with van der Waals surface area (Å²) in [5.41, 5.74) is 2.47. The van der Waals surface area contributed by atoms with Crippen molar-refractivity contribution in [1.29, 1.82) is 0 Å². The van der Waals surface area contributed by atoms with Crippen molar-refractivity contribution in [3.8, 4) is 17.2 Å². The summed E-state index contributed by atoms with van der Waals surface area (Å²) in [4.78, 5) is 11.7. The van der Waals surface area contributed by atoms with Crippen molar-refractivity contribution in [3.05, 3.63) is 136 Å². The molecule has 0 aliphatic rings. The largest absolute Gasteiger partial charge is 0.497 e. The molecular formula is C34H32O7. The van der Waals surface area contributed by atoms with E-state index >= 15 is 0 Å². The zero-order chi connectivity index (χ0) is 28.8. The zero-order valence-corrected chi connectivity index (χ0v) is 23.2. The fraction of sp³-hybridized carbons (Fsp3) is 0.206. The number of rotatable bonds is 11. The number of methoxy groups -OCH3 is 2.